The molecule has 0 radical (unpaired) electrons. The summed E-state index contributed by atoms with van der Waals surface area (Å²) in [6.45, 7) is 0.360. The van der Waals surface area contributed by atoms with Crippen LogP contribution >= 0.6 is 11.8 Å². The van der Waals surface area contributed by atoms with Gasteiger partial charge in [-0.15, -0.1) is 11.8 Å². The number of hydrogen-bond acceptors (Lipinski definition) is 5. The first-order valence-corrected chi connectivity index (χ1v) is 10.2. The number of benzene rings is 1. The number of carboxylic acid groups (broad SMARTS) is 1. The lowest BCUT2D eigenvalue weighted by atomic mass is 10.0. The second-order valence-electron chi connectivity index (χ2n) is 6.90. The molecule has 2 atom stereocenters. The Bertz CT molecular complexity index is 978. The molecule has 29 heavy (non-hydrogen) atoms. The fraction of sp³-hybridized carbons (Fsp3) is 0.238. The quantitative estimate of drug-likeness (QED) is 0.519. The van der Waals surface area contributed by atoms with Crippen molar-refractivity contribution in [1.29, 1.82) is 0 Å². The lowest BCUT2D eigenvalue weighted by Gasteiger charge is -2.50. The van der Waals surface area contributed by atoms with E-state index in [1.54, 1.807) is 0 Å². The molecule has 7 nitrogen and oxygen atoms in total. The van der Waals surface area contributed by atoms with Crippen LogP contribution in [0.3, 0.4) is 0 Å². The number of β-lactam (4-membered cyclic amide) rings is 1. The van der Waals surface area contributed by atoms with Gasteiger partial charge >= 0.3 is 0 Å². The number of nitrogens with zero attached hydrogens (tertiary/aromatic N) is 2. The van der Waals surface area contributed by atoms with Crippen LogP contribution in [0.4, 0.5) is 0 Å². The number of carbonyl (C=O) groups is 3. The number of thioether (sulfide) groups is 1. The molecule has 1 aromatic heterocycles. The van der Waals surface area contributed by atoms with E-state index in [-0.39, 0.29) is 18.0 Å². The molecule has 148 valence electrons. The number of fused-ring (bicyclic) bond motifs is 1. The third-order valence-electron chi connectivity index (χ3n) is 4.92. The van der Waals surface area contributed by atoms with Crippen molar-refractivity contribution in [2.24, 2.45) is 0 Å². The van der Waals surface area contributed by atoms with Crippen molar-refractivity contribution >= 4 is 29.5 Å². The third-order valence-corrected chi connectivity index (χ3v) is 6.25. The minimum atomic E-state index is -1.37. The maximum Gasteiger partial charge on any atom is 0.253 e. The van der Waals surface area contributed by atoms with Crippen LogP contribution in [0.2, 0.25) is 0 Å². The van der Waals surface area contributed by atoms with Crippen LogP contribution in [0.25, 0.3) is 0 Å². The summed E-state index contributed by atoms with van der Waals surface area (Å²) in [5.74, 6) is -1.60. The van der Waals surface area contributed by atoms with E-state index >= 15 is 0 Å². The van der Waals surface area contributed by atoms with Gasteiger partial charge in [0.15, 0.2) is 18.9 Å². The summed E-state index contributed by atoms with van der Waals surface area (Å²) < 4.78 is 1.85. The summed E-state index contributed by atoms with van der Waals surface area (Å²) in [5, 5.41) is 14.1. The molecule has 1 fully saturated rings. The van der Waals surface area contributed by atoms with E-state index in [4.69, 9.17) is 0 Å². The highest BCUT2D eigenvalue weighted by Gasteiger charge is 2.53. The molecule has 0 spiro atoms. The van der Waals surface area contributed by atoms with Gasteiger partial charge in [-0.05, 0) is 5.56 Å². The number of nitrogens with one attached hydrogen (secondary N) is 1. The highest BCUT2D eigenvalue weighted by Crippen LogP contribution is 2.40. The minimum Gasteiger partial charge on any atom is -0.543 e. The average molecular weight is 409 g/mol. The summed E-state index contributed by atoms with van der Waals surface area (Å²) in [6, 6.07) is 14.1. The van der Waals surface area contributed by atoms with E-state index in [1.807, 2.05) is 65.5 Å². The summed E-state index contributed by atoms with van der Waals surface area (Å²) in [6.07, 6.45) is 3.84. The monoisotopic (exact) mass is 409 g/mol. The molecule has 1 saturated heterocycles. The molecule has 1 N–H and O–H groups in total. The van der Waals surface area contributed by atoms with Crippen molar-refractivity contribution in [2.75, 3.05) is 5.75 Å². The van der Waals surface area contributed by atoms with Crippen LogP contribution in [-0.2, 0) is 27.3 Å². The highest BCUT2D eigenvalue weighted by molar-refractivity contribution is 8.00. The number of amides is 2. The van der Waals surface area contributed by atoms with Gasteiger partial charge < -0.3 is 15.2 Å². The Morgan fingerprint density at radius 2 is 1.83 bits per heavy atom. The van der Waals surface area contributed by atoms with Crippen molar-refractivity contribution in [2.45, 2.75) is 24.4 Å². The predicted octanol–water partition coefficient (Wildman–Crippen LogP) is -0.379. The summed E-state index contributed by atoms with van der Waals surface area (Å²) >= 11 is 1.45. The largest absolute Gasteiger partial charge is 0.543 e. The first kappa shape index (κ1) is 19.2. The normalized spacial score (nSPS) is 20.7. The van der Waals surface area contributed by atoms with Gasteiger partial charge in [0.1, 0.15) is 11.4 Å². The molecule has 2 aliphatic heterocycles. The van der Waals surface area contributed by atoms with Crippen LogP contribution in [-0.4, -0.2) is 39.9 Å². The molecule has 2 aliphatic rings. The molecule has 2 aromatic rings. The van der Waals surface area contributed by atoms with E-state index in [2.05, 4.69) is 5.32 Å². The van der Waals surface area contributed by atoms with Crippen molar-refractivity contribution in [3.8, 4) is 0 Å². The fourth-order valence-electron chi connectivity index (χ4n) is 3.56. The van der Waals surface area contributed by atoms with Crippen LogP contribution < -0.4 is 15.0 Å². The van der Waals surface area contributed by atoms with Gasteiger partial charge in [0, 0.05) is 23.5 Å². The van der Waals surface area contributed by atoms with Crippen molar-refractivity contribution in [3.05, 3.63) is 77.8 Å². The number of pyridine rings is 1. The summed E-state index contributed by atoms with van der Waals surface area (Å²) in [5.41, 5.74) is 1.39. The number of aromatic nitrogens is 1. The van der Waals surface area contributed by atoms with Crippen LogP contribution in [0.1, 0.15) is 5.56 Å². The molecule has 3 heterocycles. The Kier molecular flexibility index (Phi) is 5.35. The molecule has 0 unspecified atom stereocenters. The first-order valence-electron chi connectivity index (χ1n) is 9.20. The Balaban J connectivity index is 1.48. The van der Waals surface area contributed by atoms with E-state index in [0.29, 0.717) is 17.9 Å². The lowest BCUT2D eigenvalue weighted by Crippen LogP contribution is -2.71. The zero-order valence-corrected chi connectivity index (χ0v) is 16.3. The number of hydrogen-bond donors (Lipinski definition) is 1. The molecule has 8 heteroatoms. The molecule has 0 bridgehead atoms. The Labute approximate surface area is 172 Å². The standard InChI is InChI=1S/C21H19N3O4S/c25-16(11-14-7-3-1-4-8-14)22-17-19(26)24-18(21(27)28)15(13-29-20(17)24)12-23-9-5-2-6-10-23/h1-10,17,20H,11-13H2,(H-,22,25,27,28)/t17-,20-/m1/s1. The van der Waals surface area contributed by atoms with E-state index < -0.39 is 23.3 Å². The molecule has 0 saturated carbocycles. The van der Waals surface area contributed by atoms with Gasteiger partial charge in [0.2, 0.25) is 5.91 Å². The maximum absolute atomic E-state index is 12.7. The molecule has 0 aliphatic carbocycles. The van der Waals surface area contributed by atoms with Gasteiger partial charge in [-0.25, -0.2) is 4.57 Å². The topological polar surface area (TPSA) is 93.4 Å². The Morgan fingerprint density at radius 1 is 1.14 bits per heavy atom. The van der Waals surface area contributed by atoms with E-state index in [1.165, 1.54) is 16.7 Å². The van der Waals surface area contributed by atoms with Crippen LogP contribution in [0.5, 0.6) is 0 Å². The second kappa shape index (κ2) is 8.08. The summed E-state index contributed by atoms with van der Waals surface area (Å²) in [7, 11) is 0. The molecule has 4 rings (SSSR count). The van der Waals surface area contributed by atoms with Crippen molar-refractivity contribution < 1.29 is 24.1 Å². The van der Waals surface area contributed by atoms with Gasteiger partial charge in [0.05, 0.1) is 18.1 Å². The molecule has 2 amide bonds. The molecular weight excluding hydrogens is 390 g/mol. The van der Waals surface area contributed by atoms with Gasteiger partial charge in [-0.3, -0.25) is 14.5 Å². The van der Waals surface area contributed by atoms with E-state index in [9.17, 15) is 19.5 Å². The zero-order valence-electron chi connectivity index (χ0n) is 15.5. The van der Waals surface area contributed by atoms with Crippen molar-refractivity contribution in [3.63, 3.8) is 0 Å². The van der Waals surface area contributed by atoms with Crippen LogP contribution in [0, 0.1) is 0 Å². The number of carboxylic acids is 1. The fourth-order valence-corrected chi connectivity index (χ4v) is 4.89. The molecule has 1 aromatic carbocycles. The zero-order chi connectivity index (χ0) is 20.4. The van der Waals surface area contributed by atoms with Gasteiger partial charge in [-0.2, -0.15) is 0 Å². The minimum absolute atomic E-state index is 0.0799. The smallest absolute Gasteiger partial charge is 0.253 e. The van der Waals surface area contributed by atoms with Gasteiger partial charge in [-0.1, -0.05) is 36.4 Å². The van der Waals surface area contributed by atoms with E-state index in [0.717, 1.165) is 5.56 Å². The van der Waals surface area contributed by atoms with Gasteiger partial charge in [0.25, 0.3) is 5.91 Å². The summed E-state index contributed by atoms with van der Waals surface area (Å²) in [4.78, 5) is 38.0. The maximum atomic E-state index is 12.7. The number of carbonyl (C=O) groups excluding carboxylic acids is 3. The second-order valence-corrected chi connectivity index (χ2v) is 8.01. The highest BCUT2D eigenvalue weighted by atomic mass is 32.2. The Hall–Kier alpha value is -3.13. The predicted molar refractivity (Wildman–Crippen MR) is 104 cm³/mol. The number of rotatable bonds is 6. The Morgan fingerprint density at radius 3 is 2.52 bits per heavy atom. The van der Waals surface area contributed by atoms with Crippen molar-refractivity contribution in [1.82, 2.24) is 10.2 Å². The SMILES string of the molecule is O=C(Cc1ccccc1)N[C@@H]1C(=O)N2C(C(=O)[O-])=C(C[n+]3ccccc3)CS[C@H]12. The first-order chi connectivity index (χ1) is 14.0. The lowest BCUT2D eigenvalue weighted by molar-refractivity contribution is -0.689. The molecular formula is C21H19N3O4S. The van der Waals surface area contributed by atoms with Crippen LogP contribution in [0.15, 0.2) is 72.2 Å². The average Bonchev–Trinajstić information content (AvgIpc) is 2.73. The third kappa shape index (κ3) is 3.88. The number of aliphatic carboxylic acids is 1.